The van der Waals surface area contributed by atoms with Crippen LogP contribution < -0.4 is 11.3 Å². The summed E-state index contributed by atoms with van der Waals surface area (Å²) in [5.74, 6) is 0.118. The zero-order valence-corrected chi connectivity index (χ0v) is 10.7. The van der Waals surface area contributed by atoms with Crippen LogP contribution in [0, 0.1) is 23.3 Å². The molecule has 0 aliphatic rings. The lowest BCUT2D eigenvalue weighted by molar-refractivity contribution is 0.431. The molecule has 0 bridgehead atoms. The number of halogens is 5. The Morgan fingerprint density at radius 1 is 0.900 bits per heavy atom. The number of nitrogens with one attached hydrogen (secondary N) is 1. The van der Waals surface area contributed by atoms with E-state index in [-0.39, 0.29) is 16.1 Å². The molecule has 0 aliphatic heterocycles. The summed E-state index contributed by atoms with van der Waals surface area (Å²) >= 11 is 5.61. The number of benzene rings is 2. The molecule has 0 radical (unpaired) electrons. The van der Waals surface area contributed by atoms with Crippen LogP contribution in [0.4, 0.5) is 17.6 Å². The minimum absolute atomic E-state index is 0.0400. The van der Waals surface area contributed by atoms with Crippen molar-refractivity contribution in [1.82, 2.24) is 5.43 Å². The minimum Gasteiger partial charge on any atom is -0.271 e. The van der Waals surface area contributed by atoms with E-state index in [0.717, 1.165) is 18.2 Å². The van der Waals surface area contributed by atoms with E-state index in [4.69, 9.17) is 17.4 Å². The van der Waals surface area contributed by atoms with Gasteiger partial charge in [-0.1, -0.05) is 23.7 Å². The fourth-order valence-electron chi connectivity index (χ4n) is 1.85. The van der Waals surface area contributed by atoms with Gasteiger partial charge in [0.2, 0.25) is 0 Å². The molecule has 0 aliphatic carbocycles. The van der Waals surface area contributed by atoms with Crippen molar-refractivity contribution in [3.05, 3.63) is 69.8 Å². The number of hydrogen-bond acceptors (Lipinski definition) is 2. The Balaban J connectivity index is 2.55. The molecule has 0 saturated carbocycles. The topological polar surface area (TPSA) is 38.0 Å². The highest BCUT2D eigenvalue weighted by Crippen LogP contribution is 2.29. The maximum Gasteiger partial charge on any atom is 0.194 e. The van der Waals surface area contributed by atoms with E-state index >= 15 is 0 Å². The van der Waals surface area contributed by atoms with E-state index < -0.39 is 29.3 Å². The van der Waals surface area contributed by atoms with Crippen molar-refractivity contribution in [1.29, 1.82) is 0 Å². The fourth-order valence-corrected chi connectivity index (χ4v) is 2.01. The molecule has 0 saturated heterocycles. The summed E-state index contributed by atoms with van der Waals surface area (Å²) in [6, 6.07) is 4.23. The summed E-state index contributed by atoms with van der Waals surface area (Å²) in [4.78, 5) is 0. The Labute approximate surface area is 117 Å². The van der Waals surface area contributed by atoms with E-state index in [0.29, 0.717) is 0 Å². The molecule has 1 atom stereocenters. The third-order valence-corrected chi connectivity index (χ3v) is 3.05. The first-order valence-electron chi connectivity index (χ1n) is 5.50. The molecular weight excluding hydrogens is 296 g/mol. The summed E-state index contributed by atoms with van der Waals surface area (Å²) in [5.41, 5.74) is 1.82. The Morgan fingerprint density at radius 2 is 1.55 bits per heavy atom. The van der Waals surface area contributed by atoms with Crippen molar-refractivity contribution in [3.8, 4) is 0 Å². The molecule has 7 heteroatoms. The summed E-state index contributed by atoms with van der Waals surface area (Å²) in [7, 11) is 0. The van der Waals surface area contributed by atoms with Crippen LogP contribution in [0.3, 0.4) is 0 Å². The number of hydrazine groups is 1. The highest BCUT2D eigenvalue weighted by atomic mass is 35.5. The Kier molecular flexibility index (Phi) is 4.27. The second-order valence-electron chi connectivity index (χ2n) is 4.03. The van der Waals surface area contributed by atoms with E-state index in [1.807, 2.05) is 0 Å². The predicted octanol–water partition coefficient (Wildman–Crippen LogP) is 3.45. The van der Waals surface area contributed by atoms with Gasteiger partial charge in [0.15, 0.2) is 17.5 Å². The summed E-state index contributed by atoms with van der Waals surface area (Å²) < 4.78 is 53.7. The molecule has 2 aromatic carbocycles. The van der Waals surface area contributed by atoms with Crippen LogP contribution in [0.1, 0.15) is 17.2 Å². The third kappa shape index (κ3) is 2.63. The molecule has 2 nitrogen and oxygen atoms in total. The van der Waals surface area contributed by atoms with Gasteiger partial charge in [0, 0.05) is 16.1 Å². The molecule has 2 rings (SSSR count). The average Bonchev–Trinajstić information content (AvgIpc) is 2.41. The molecule has 1 unspecified atom stereocenters. The third-order valence-electron chi connectivity index (χ3n) is 2.82. The standard InChI is InChI=1S/C13H9ClF4N2/c14-6-1-2-7(10(16)5-6)13(20-19)8-3-4-9(15)12(18)11(8)17/h1-5,13,20H,19H2. The van der Waals surface area contributed by atoms with Crippen molar-refractivity contribution >= 4 is 11.6 Å². The first-order valence-corrected chi connectivity index (χ1v) is 5.88. The first-order chi connectivity index (χ1) is 9.45. The smallest absolute Gasteiger partial charge is 0.194 e. The molecule has 0 aromatic heterocycles. The van der Waals surface area contributed by atoms with Gasteiger partial charge in [-0.3, -0.25) is 5.84 Å². The van der Waals surface area contributed by atoms with Gasteiger partial charge in [-0.15, -0.1) is 0 Å². The van der Waals surface area contributed by atoms with E-state index in [1.165, 1.54) is 12.1 Å². The maximum absolute atomic E-state index is 13.8. The summed E-state index contributed by atoms with van der Waals surface area (Å²) in [5, 5.41) is 0.146. The van der Waals surface area contributed by atoms with Gasteiger partial charge in [-0.25, -0.2) is 23.0 Å². The van der Waals surface area contributed by atoms with Crippen LogP contribution in [-0.2, 0) is 0 Å². The Hall–Kier alpha value is -1.63. The molecule has 106 valence electrons. The van der Waals surface area contributed by atoms with Crippen LogP contribution in [0.2, 0.25) is 5.02 Å². The summed E-state index contributed by atoms with van der Waals surface area (Å²) in [6.07, 6.45) is 0. The molecular formula is C13H9ClF4N2. The monoisotopic (exact) mass is 304 g/mol. The number of hydrogen-bond donors (Lipinski definition) is 2. The largest absolute Gasteiger partial charge is 0.271 e. The fraction of sp³-hybridized carbons (Fsp3) is 0.0769. The maximum atomic E-state index is 13.8. The molecule has 0 amide bonds. The lowest BCUT2D eigenvalue weighted by Gasteiger charge is -2.18. The van der Waals surface area contributed by atoms with E-state index in [1.54, 1.807) is 0 Å². The van der Waals surface area contributed by atoms with Gasteiger partial charge < -0.3 is 0 Å². The average molecular weight is 305 g/mol. The molecule has 0 fully saturated rings. The van der Waals surface area contributed by atoms with Crippen molar-refractivity contribution in [2.75, 3.05) is 0 Å². The Morgan fingerprint density at radius 3 is 2.15 bits per heavy atom. The van der Waals surface area contributed by atoms with Crippen LogP contribution in [-0.4, -0.2) is 0 Å². The van der Waals surface area contributed by atoms with Gasteiger partial charge >= 0.3 is 0 Å². The lowest BCUT2D eigenvalue weighted by Crippen LogP contribution is -2.30. The van der Waals surface area contributed by atoms with Gasteiger partial charge in [-0.2, -0.15) is 0 Å². The molecule has 0 heterocycles. The van der Waals surface area contributed by atoms with Crippen molar-refractivity contribution in [3.63, 3.8) is 0 Å². The van der Waals surface area contributed by atoms with E-state index in [2.05, 4.69) is 5.43 Å². The van der Waals surface area contributed by atoms with Crippen LogP contribution in [0.25, 0.3) is 0 Å². The van der Waals surface area contributed by atoms with Crippen LogP contribution in [0.15, 0.2) is 30.3 Å². The molecule has 20 heavy (non-hydrogen) atoms. The van der Waals surface area contributed by atoms with E-state index in [9.17, 15) is 17.6 Å². The predicted molar refractivity (Wildman–Crippen MR) is 66.9 cm³/mol. The zero-order valence-electron chi connectivity index (χ0n) is 9.93. The molecule has 3 N–H and O–H groups in total. The van der Waals surface area contributed by atoms with Crippen molar-refractivity contribution in [2.45, 2.75) is 6.04 Å². The zero-order chi connectivity index (χ0) is 14.9. The van der Waals surface area contributed by atoms with Crippen molar-refractivity contribution in [2.24, 2.45) is 5.84 Å². The second kappa shape index (κ2) is 5.78. The van der Waals surface area contributed by atoms with Gasteiger partial charge in [-0.05, 0) is 18.2 Å². The normalized spacial score (nSPS) is 12.5. The SMILES string of the molecule is NNC(c1ccc(Cl)cc1F)c1ccc(F)c(F)c1F. The van der Waals surface area contributed by atoms with Crippen molar-refractivity contribution < 1.29 is 17.6 Å². The molecule has 2 aromatic rings. The van der Waals surface area contributed by atoms with Crippen LogP contribution >= 0.6 is 11.6 Å². The minimum atomic E-state index is -1.64. The quantitative estimate of drug-likeness (QED) is 0.394. The summed E-state index contributed by atoms with van der Waals surface area (Å²) in [6.45, 7) is 0. The number of rotatable bonds is 3. The highest BCUT2D eigenvalue weighted by molar-refractivity contribution is 6.30. The first kappa shape index (κ1) is 14.8. The van der Waals surface area contributed by atoms with Crippen LogP contribution in [0.5, 0.6) is 0 Å². The Bertz CT molecular complexity index is 649. The second-order valence-corrected chi connectivity index (χ2v) is 4.47. The highest BCUT2D eigenvalue weighted by Gasteiger charge is 2.23. The van der Waals surface area contributed by atoms with Gasteiger partial charge in [0.25, 0.3) is 0 Å². The number of nitrogens with two attached hydrogens (primary N) is 1. The van der Waals surface area contributed by atoms with Gasteiger partial charge in [0.05, 0.1) is 6.04 Å². The lowest BCUT2D eigenvalue weighted by atomic mass is 9.98. The molecule has 0 spiro atoms. The van der Waals surface area contributed by atoms with Gasteiger partial charge in [0.1, 0.15) is 5.82 Å².